The number of ether oxygens (including phenoxy) is 1. The average Bonchev–Trinajstić information content (AvgIpc) is 2.95. The van der Waals surface area contributed by atoms with Crippen LogP contribution in [0.5, 0.6) is 0 Å². The van der Waals surface area contributed by atoms with Crippen LogP contribution < -0.4 is 16.0 Å². The Kier molecular flexibility index (Phi) is 5.03. The normalized spacial score (nSPS) is 30.2. The van der Waals surface area contributed by atoms with Gasteiger partial charge in [0.2, 0.25) is 11.8 Å². The molecule has 3 atom stereocenters. The second-order valence-corrected chi connectivity index (χ2v) is 8.00. The zero-order chi connectivity index (χ0) is 19.1. The number of anilines is 1. The van der Waals surface area contributed by atoms with E-state index in [1.807, 2.05) is 32.9 Å². The van der Waals surface area contributed by atoms with Crippen molar-refractivity contribution in [1.82, 2.24) is 5.32 Å². The van der Waals surface area contributed by atoms with E-state index in [4.69, 9.17) is 22.1 Å². The molecular formula is C19H26ClN3O3. The molecule has 1 saturated carbocycles. The number of carbonyl (C=O) groups excluding carboxylic acids is 2. The quantitative estimate of drug-likeness (QED) is 0.820. The fraction of sp³-hybridized carbons (Fsp3) is 0.579. The maximum absolute atomic E-state index is 12.8. The van der Waals surface area contributed by atoms with Crippen molar-refractivity contribution in [2.45, 2.75) is 51.3 Å². The molecule has 0 aromatic heterocycles. The van der Waals surface area contributed by atoms with Crippen molar-refractivity contribution in [3.8, 4) is 0 Å². The zero-order valence-corrected chi connectivity index (χ0v) is 16.2. The van der Waals surface area contributed by atoms with Crippen LogP contribution in [0.2, 0.25) is 5.02 Å². The number of nitrogens with one attached hydrogen (secondary N) is 1. The largest absolute Gasteiger partial charge is 0.378 e. The molecule has 2 fully saturated rings. The molecule has 1 aliphatic heterocycles. The standard InChI is InChI=1S/C19H26ClN3O3/c1-4-26-15-11-19(21,18(15,2)3)17(25)22-13-9-10-23(16(13)24)14-8-6-5-7-12(14)20/h5-8,13,15H,4,9-11,21H2,1-3H3,(H,22,25). The first-order chi connectivity index (χ1) is 12.2. The van der Waals surface area contributed by atoms with Crippen LogP contribution in [0, 0.1) is 5.41 Å². The minimum absolute atomic E-state index is 0.0536. The summed E-state index contributed by atoms with van der Waals surface area (Å²) in [4.78, 5) is 27.2. The van der Waals surface area contributed by atoms with Gasteiger partial charge in [-0.15, -0.1) is 0 Å². The van der Waals surface area contributed by atoms with E-state index in [1.165, 1.54) is 0 Å². The van der Waals surface area contributed by atoms with Crippen LogP contribution in [-0.2, 0) is 14.3 Å². The molecule has 1 heterocycles. The van der Waals surface area contributed by atoms with E-state index in [-0.39, 0.29) is 17.9 Å². The lowest BCUT2D eigenvalue weighted by Crippen LogP contribution is -2.76. The molecule has 1 aliphatic carbocycles. The summed E-state index contributed by atoms with van der Waals surface area (Å²) in [6, 6.07) is 6.62. The summed E-state index contributed by atoms with van der Waals surface area (Å²) in [5.74, 6) is -0.452. The minimum Gasteiger partial charge on any atom is -0.378 e. The Morgan fingerprint density at radius 3 is 2.73 bits per heavy atom. The van der Waals surface area contributed by atoms with Gasteiger partial charge in [0.15, 0.2) is 0 Å². The van der Waals surface area contributed by atoms with Crippen LogP contribution in [0.4, 0.5) is 5.69 Å². The maximum Gasteiger partial charge on any atom is 0.249 e. The Bertz CT molecular complexity index is 724. The Balaban J connectivity index is 1.68. The van der Waals surface area contributed by atoms with E-state index in [1.54, 1.807) is 17.0 Å². The molecular weight excluding hydrogens is 354 g/mol. The molecule has 1 saturated heterocycles. The van der Waals surface area contributed by atoms with Crippen LogP contribution in [-0.4, -0.2) is 42.7 Å². The third-order valence-corrected chi connectivity index (χ3v) is 6.21. The molecule has 0 bridgehead atoms. The molecule has 2 aliphatic rings. The highest BCUT2D eigenvalue weighted by molar-refractivity contribution is 6.34. The van der Waals surface area contributed by atoms with Crippen LogP contribution in [0.1, 0.15) is 33.6 Å². The Morgan fingerprint density at radius 1 is 1.42 bits per heavy atom. The summed E-state index contributed by atoms with van der Waals surface area (Å²) in [6.07, 6.45) is 0.929. The third kappa shape index (κ3) is 2.90. The molecule has 142 valence electrons. The van der Waals surface area contributed by atoms with Crippen molar-refractivity contribution in [3.63, 3.8) is 0 Å². The highest BCUT2D eigenvalue weighted by atomic mass is 35.5. The summed E-state index contributed by atoms with van der Waals surface area (Å²) in [5, 5.41) is 3.37. The number of amides is 2. The second kappa shape index (κ2) is 6.83. The lowest BCUT2D eigenvalue weighted by Gasteiger charge is -2.57. The van der Waals surface area contributed by atoms with Crippen molar-refractivity contribution in [1.29, 1.82) is 0 Å². The number of benzene rings is 1. The highest BCUT2D eigenvalue weighted by Gasteiger charge is 2.63. The molecule has 2 amide bonds. The fourth-order valence-corrected chi connectivity index (χ4v) is 4.07. The van der Waals surface area contributed by atoms with E-state index < -0.39 is 17.0 Å². The molecule has 1 aromatic carbocycles. The van der Waals surface area contributed by atoms with Gasteiger partial charge in [0, 0.05) is 25.0 Å². The van der Waals surface area contributed by atoms with Gasteiger partial charge in [-0.25, -0.2) is 0 Å². The number of nitrogens with two attached hydrogens (primary N) is 1. The summed E-state index contributed by atoms with van der Waals surface area (Å²) < 4.78 is 5.67. The molecule has 26 heavy (non-hydrogen) atoms. The summed E-state index contributed by atoms with van der Waals surface area (Å²) in [6.45, 7) is 6.88. The Labute approximate surface area is 159 Å². The van der Waals surface area contributed by atoms with Gasteiger partial charge in [0.25, 0.3) is 0 Å². The number of rotatable bonds is 5. The van der Waals surface area contributed by atoms with E-state index in [9.17, 15) is 9.59 Å². The molecule has 3 N–H and O–H groups in total. The number of hydrogen-bond acceptors (Lipinski definition) is 4. The lowest BCUT2D eigenvalue weighted by atomic mass is 9.54. The van der Waals surface area contributed by atoms with Crippen molar-refractivity contribution >= 4 is 29.1 Å². The van der Waals surface area contributed by atoms with E-state index in [2.05, 4.69) is 5.32 Å². The Hall–Kier alpha value is -1.63. The number of hydrogen-bond donors (Lipinski definition) is 2. The first-order valence-electron chi connectivity index (χ1n) is 8.99. The van der Waals surface area contributed by atoms with Crippen molar-refractivity contribution in [3.05, 3.63) is 29.3 Å². The van der Waals surface area contributed by atoms with Gasteiger partial charge < -0.3 is 20.7 Å². The van der Waals surface area contributed by atoms with Crippen molar-refractivity contribution < 1.29 is 14.3 Å². The zero-order valence-electron chi connectivity index (χ0n) is 15.4. The maximum atomic E-state index is 12.8. The first-order valence-corrected chi connectivity index (χ1v) is 9.37. The smallest absolute Gasteiger partial charge is 0.249 e. The molecule has 0 radical (unpaired) electrons. The van der Waals surface area contributed by atoms with Gasteiger partial charge in [-0.1, -0.05) is 37.6 Å². The van der Waals surface area contributed by atoms with Gasteiger partial charge in [0.1, 0.15) is 11.6 Å². The predicted molar refractivity (Wildman–Crippen MR) is 101 cm³/mol. The fourth-order valence-electron chi connectivity index (χ4n) is 3.83. The Morgan fingerprint density at radius 2 is 2.12 bits per heavy atom. The molecule has 3 unspecified atom stereocenters. The van der Waals surface area contributed by atoms with Crippen LogP contribution in [0.3, 0.4) is 0 Å². The van der Waals surface area contributed by atoms with Gasteiger partial charge in [-0.05, 0) is 25.5 Å². The summed E-state index contributed by atoms with van der Waals surface area (Å²) in [7, 11) is 0. The average molecular weight is 380 g/mol. The SMILES string of the molecule is CCOC1CC(N)(C(=O)NC2CCN(c3ccccc3Cl)C2=O)C1(C)C. The predicted octanol–water partition coefficient (Wildman–Crippen LogP) is 2.09. The van der Waals surface area contributed by atoms with E-state index >= 15 is 0 Å². The number of halogens is 1. The van der Waals surface area contributed by atoms with Gasteiger partial charge in [-0.2, -0.15) is 0 Å². The topological polar surface area (TPSA) is 84.7 Å². The number of para-hydroxylation sites is 1. The van der Waals surface area contributed by atoms with Crippen molar-refractivity contribution in [2.75, 3.05) is 18.1 Å². The summed E-state index contributed by atoms with van der Waals surface area (Å²) in [5.41, 5.74) is 5.54. The second-order valence-electron chi connectivity index (χ2n) is 7.60. The lowest BCUT2D eigenvalue weighted by molar-refractivity contribution is -0.171. The van der Waals surface area contributed by atoms with Crippen molar-refractivity contribution in [2.24, 2.45) is 11.1 Å². The highest BCUT2D eigenvalue weighted by Crippen LogP contribution is 2.50. The number of carbonyl (C=O) groups is 2. The third-order valence-electron chi connectivity index (χ3n) is 5.89. The molecule has 7 heteroatoms. The van der Waals surface area contributed by atoms with Gasteiger partial charge in [-0.3, -0.25) is 9.59 Å². The van der Waals surface area contributed by atoms with Gasteiger partial charge >= 0.3 is 0 Å². The van der Waals surface area contributed by atoms with Crippen LogP contribution in [0.25, 0.3) is 0 Å². The molecule has 3 rings (SSSR count). The number of nitrogens with zero attached hydrogens (tertiary/aromatic N) is 1. The van der Waals surface area contributed by atoms with E-state index in [0.29, 0.717) is 36.7 Å². The van der Waals surface area contributed by atoms with Crippen LogP contribution in [0.15, 0.2) is 24.3 Å². The minimum atomic E-state index is -1.04. The van der Waals surface area contributed by atoms with Gasteiger partial charge in [0.05, 0.1) is 16.8 Å². The molecule has 1 aromatic rings. The monoisotopic (exact) mass is 379 g/mol. The molecule has 0 spiro atoms. The first kappa shape index (κ1) is 19.1. The molecule has 6 nitrogen and oxygen atoms in total. The van der Waals surface area contributed by atoms with Crippen LogP contribution >= 0.6 is 11.6 Å². The summed E-state index contributed by atoms with van der Waals surface area (Å²) >= 11 is 6.20. The van der Waals surface area contributed by atoms with E-state index in [0.717, 1.165) is 0 Å².